The highest BCUT2D eigenvalue weighted by Crippen LogP contribution is 2.22. The van der Waals surface area contributed by atoms with Crippen molar-refractivity contribution < 1.29 is 14.7 Å². The van der Waals surface area contributed by atoms with Gasteiger partial charge >= 0.3 is 6.09 Å². The van der Waals surface area contributed by atoms with E-state index in [1.54, 1.807) is 0 Å². The molecule has 1 amide bonds. The molecule has 3 rings (SSSR count). The van der Waals surface area contributed by atoms with Crippen molar-refractivity contribution in [3.8, 4) is 0 Å². The van der Waals surface area contributed by atoms with Crippen LogP contribution in [0, 0.1) is 0 Å². The van der Waals surface area contributed by atoms with Crippen LogP contribution >= 0.6 is 0 Å². The van der Waals surface area contributed by atoms with E-state index in [0.29, 0.717) is 19.4 Å². The summed E-state index contributed by atoms with van der Waals surface area (Å²) in [6, 6.07) is 6.55. The van der Waals surface area contributed by atoms with Crippen LogP contribution in [-0.2, 0) is 11.2 Å². The molecule has 6 heteroatoms. The largest absolute Gasteiger partial charge is 0.465 e. The van der Waals surface area contributed by atoms with Crippen molar-refractivity contribution >= 4 is 22.8 Å². The van der Waals surface area contributed by atoms with Gasteiger partial charge in [-0.2, -0.15) is 0 Å². The first-order chi connectivity index (χ1) is 10.1. The number of carbonyl (C=O) groups excluding carboxylic acids is 1. The van der Waals surface area contributed by atoms with Crippen molar-refractivity contribution in [1.29, 1.82) is 0 Å². The van der Waals surface area contributed by atoms with Crippen molar-refractivity contribution in [2.24, 2.45) is 5.73 Å². The van der Waals surface area contributed by atoms with E-state index in [4.69, 9.17) is 10.8 Å². The zero-order valence-corrected chi connectivity index (χ0v) is 11.5. The fraction of sp³-hybridized carbons (Fsp3) is 0.333. The fourth-order valence-electron chi connectivity index (χ4n) is 2.80. The van der Waals surface area contributed by atoms with Gasteiger partial charge in [-0.05, 0) is 24.5 Å². The Balaban J connectivity index is 1.73. The monoisotopic (exact) mass is 287 g/mol. The van der Waals surface area contributed by atoms with Gasteiger partial charge in [-0.15, -0.1) is 0 Å². The number of para-hydroxylation sites is 1. The summed E-state index contributed by atoms with van der Waals surface area (Å²) in [5.41, 5.74) is 7.97. The van der Waals surface area contributed by atoms with Crippen molar-refractivity contribution in [2.45, 2.75) is 24.9 Å². The number of ketones is 1. The van der Waals surface area contributed by atoms with Gasteiger partial charge in [0.2, 0.25) is 0 Å². The number of hydrogen-bond acceptors (Lipinski definition) is 3. The Morgan fingerprint density at radius 3 is 2.86 bits per heavy atom. The first kappa shape index (κ1) is 13.6. The van der Waals surface area contributed by atoms with Crippen LogP contribution in [0.1, 0.15) is 12.0 Å². The number of aromatic amines is 1. The highest BCUT2D eigenvalue weighted by Gasteiger charge is 2.39. The SMILES string of the molecule is NC(Cc1c[nH]c2ccccc12)C(=O)C1CCN1C(=O)O. The molecule has 1 aromatic heterocycles. The fourth-order valence-corrected chi connectivity index (χ4v) is 2.80. The molecule has 1 saturated heterocycles. The van der Waals surface area contributed by atoms with Gasteiger partial charge in [0.05, 0.1) is 12.1 Å². The second-order valence-electron chi connectivity index (χ2n) is 5.35. The molecule has 0 spiro atoms. The van der Waals surface area contributed by atoms with Gasteiger partial charge in [-0.3, -0.25) is 9.69 Å². The Hall–Kier alpha value is -2.34. The predicted octanol–water partition coefficient (Wildman–Crippen LogP) is 1.36. The molecule has 110 valence electrons. The lowest BCUT2D eigenvalue weighted by Gasteiger charge is -2.38. The number of carbonyl (C=O) groups is 2. The molecule has 0 saturated carbocycles. The van der Waals surface area contributed by atoms with Crippen LogP contribution in [0.15, 0.2) is 30.5 Å². The molecule has 0 radical (unpaired) electrons. The number of amides is 1. The number of Topliss-reactive ketones (excluding diaryl/α,β-unsaturated/α-hetero) is 1. The summed E-state index contributed by atoms with van der Waals surface area (Å²) in [5, 5.41) is 10.0. The van der Waals surface area contributed by atoms with Crippen molar-refractivity contribution in [1.82, 2.24) is 9.88 Å². The van der Waals surface area contributed by atoms with E-state index in [9.17, 15) is 9.59 Å². The first-order valence-electron chi connectivity index (χ1n) is 6.92. The van der Waals surface area contributed by atoms with E-state index in [1.165, 1.54) is 0 Å². The summed E-state index contributed by atoms with van der Waals surface area (Å²) in [4.78, 5) is 27.5. The maximum absolute atomic E-state index is 12.3. The molecule has 1 aliphatic rings. The lowest BCUT2D eigenvalue weighted by atomic mass is 9.91. The lowest BCUT2D eigenvalue weighted by Crippen LogP contribution is -2.58. The van der Waals surface area contributed by atoms with Crippen molar-refractivity contribution in [2.75, 3.05) is 6.54 Å². The summed E-state index contributed by atoms with van der Waals surface area (Å²) in [6.07, 6.45) is 1.77. The van der Waals surface area contributed by atoms with Crippen LogP contribution in [0.5, 0.6) is 0 Å². The number of nitrogens with one attached hydrogen (secondary N) is 1. The molecule has 1 aromatic carbocycles. The van der Waals surface area contributed by atoms with Crippen molar-refractivity contribution in [3.05, 3.63) is 36.0 Å². The highest BCUT2D eigenvalue weighted by atomic mass is 16.4. The summed E-state index contributed by atoms with van der Waals surface area (Å²) in [5.74, 6) is -0.200. The van der Waals surface area contributed by atoms with Gasteiger partial charge < -0.3 is 15.8 Å². The number of H-pyrrole nitrogens is 1. The minimum absolute atomic E-state index is 0.200. The Kier molecular flexibility index (Phi) is 3.39. The number of nitrogens with zero attached hydrogens (tertiary/aromatic N) is 1. The van der Waals surface area contributed by atoms with Crippen LogP contribution in [0.4, 0.5) is 4.79 Å². The molecule has 21 heavy (non-hydrogen) atoms. The van der Waals surface area contributed by atoms with E-state index in [1.807, 2.05) is 30.5 Å². The Bertz CT molecular complexity index is 694. The topological polar surface area (TPSA) is 99.4 Å². The highest BCUT2D eigenvalue weighted by molar-refractivity contribution is 5.93. The number of likely N-dealkylation sites (tertiary alicyclic amines) is 1. The molecule has 2 unspecified atom stereocenters. The van der Waals surface area contributed by atoms with Gasteiger partial charge in [0.25, 0.3) is 0 Å². The maximum atomic E-state index is 12.3. The summed E-state index contributed by atoms with van der Waals surface area (Å²) in [7, 11) is 0. The Morgan fingerprint density at radius 1 is 1.43 bits per heavy atom. The average Bonchev–Trinajstić information content (AvgIpc) is 2.80. The van der Waals surface area contributed by atoms with Crippen LogP contribution in [0.25, 0.3) is 10.9 Å². The summed E-state index contributed by atoms with van der Waals surface area (Å²) >= 11 is 0. The minimum atomic E-state index is -1.06. The molecule has 2 heterocycles. The van der Waals surface area contributed by atoms with Gasteiger partial charge in [0.15, 0.2) is 5.78 Å². The zero-order valence-electron chi connectivity index (χ0n) is 11.5. The lowest BCUT2D eigenvalue weighted by molar-refractivity contribution is -0.128. The molecule has 4 N–H and O–H groups in total. The van der Waals surface area contributed by atoms with Gasteiger partial charge in [-0.25, -0.2) is 4.79 Å². The normalized spacial score (nSPS) is 19.3. The number of nitrogens with two attached hydrogens (primary N) is 1. The molecule has 2 aromatic rings. The van der Waals surface area contributed by atoms with Crippen molar-refractivity contribution in [3.63, 3.8) is 0 Å². The predicted molar refractivity (Wildman–Crippen MR) is 78.1 cm³/mol. The third kappa shape index (κ3) is 2.38. The molecular weight excluding hydrogens is 270 g/mol. The van der Waals surface area contributed by atoms with Gasteiger partial charge in [0.1, 0.15) is 0 Å². The Labute approximate surface area is 121 Å². The number of fused-ring (bicyclic) bond motifs is 1. The van der Waals surface area contributed by atoms with E-state index in [0.717, 1.165) is 21.4 Å². The second kappa shape index (κ2) is 5.21. The number of aromatic nitrogens is 1. The molecule has 0 aliphatic carbocycles. The average molecular weight is 287 g/mol. The van der Waals surface area contributed by atoms with Crippen LogP contribution in [0.2, 0.25) is 0 Å². The molecule has 2 atom stereocenters. The number of benzene rings is 1. The van der Waals surface area contributed by atoms with E-state index in [-0.39, 0.29) is 5.78 Å². The third-order valence-corrected chi connectivity index (χ3v) is 4.07. The summed E-state index contributed by atoms with van der Waals surface area (Å²) in [6.45, 7) is 0.408. The molecular formula is C15H17N3O3. The standard InChI is InChI=1S/C15H17N3O3/c16-11(14(19)13-5-6-18(13)15(20)21)7-9-8-17-12-4-2-1-3-10(9)12/h1-4,8,11,13,17H,5-7,16H2,(H,20,21). The molecule has 1 aliphatic heterocycles. The molecule has 6 nitrogen and oxygen atoms in total. The number of hydrogen-bond donors (Lipinski definition) is 3. The van der Waals surface area contributed by atoms with E-state index in [2.05, 4.69) is 4.98 Å². The third-order valence-electron chi connectivity index (χ3n) is 4.07. The summed E-state index contributed by atoms with van der Waals surface area (Å²) < 4.78 is 0. The van der Waals surface area contributed by atoms with Crippen LogP contribution < -0.4 is 5.73 Å². The van der Waals surface area contributed by atoms with Gasteiger partial charge in [0, 0.05) is 23.6 Å². The Morgan fingerprint density at radius 2 is 2.19 bits per heavy atom. The van der Waals surface area contributed by atoms with Gasteiger partial charge in [-0.1, -0.05) is 18.2 Å². The smallest absolute Gasteiger partial charge is 0.407 e. The first-order valence-corrected chi connectivity index (χ1v) is 6.92. The zero-order chi connectivity index (χ0) is 15.0. The molecule has 0 bridgehead atoms. The van der Waals surface area contributed by atoms with Crippen LogP contribution in [-0.4, -0.2) is 45.5 Å². The quantitative estimate of drug-likeness (QED) is 0.790. The maximum Gasteiger partial charge on any atom is 0.407 e. The van der Waals surface area contributed by atoms with E-state index < -0.39 is 18.2 Å². The van der Waals surface area contributed by atoms with Crippen LogP contribution in [0.3, 0.4) is 0 Å². The number of carboxylic acid groups (broad SMARTS) is 1. The van der Waals surface area contributed by atoms with E-state index >= 15 is 0 Å². The number of rotatable bonds is 4. The molecule has 1 fully saturated rings. The second-order valence-corrected chi connectivity index (χ2v) is 5.35. The minimum Gasteiger partial charge on any atom is -0.465 e.